The largest absolute Gasteiger partial charge is 0.441 e. The molecular formula is C5H10BBrFNO3. The van der Waals surface area contributed by atoms with Crippen LogP contribution in [0.2, 0.25) is 0 Å². The van der Waals surface area contributed by atoms with Gasteiger partial charge in [-0.3, -0.25) is 3.83 Å². The molecule has 12 heavy (non-hydrogen) atoms. The van der Waals surface area contributed by atoms with Gasteiger partial charge in [0.05, 0.1) is 22.9 Å². The van der Waals surface area contributed by atoms with Crippen molar-refractivity contribution in [3.8, 4) is 0 Å². The van der Waals surface area contributed by atoms with Gasteiger partial charge in [-0.1, -0.05) is 0 Å². The number of nitrogens with one attached hydrogen (secondary N) is 1. The number of alkyl halides is 1. The Labute approximate surface area is 79.5 Å². The maximum Gasteiger partial charge on any atom is 0.257 e. The second-order valence-corrected chi connectivity index (χ2v) is 2.56. The average Bonchev–Trinajstić information content (AvgIpc) is 2.06. The summed E-state index contributed by atoms with van der Waals surface area (Å²) in [7, 11) is 1.38. The van der Waals surface area contributed by atoms with Crippen molar-refractivity contribution in [2.45, 2.75) is 18.4 Å². The molecule has 0 rings (SSSR count). The molecule has 0 aromatic carbocycles. The molecule has 7 heteroatoms. The molecule has 0 aliphatic carbocycles. The minimum absolute atomic E-state index is 0.0372. The summed E-state index contributed by atoms with van der Waals surface area (Å²) in [6.45, 7) is -0.0372. The molecule has 0 amide bonds. The van der Waals surface area contributed by atoms with Gasteiger partial charge in [-0.25, -0.2) is 4.39 Å². The lowest BCUT2D eigenvalue weighted by Crippen LogP contribution is -2.39. The Morgan fingerprint density at radius 1 is 1.75 bits per heavy atom. The van der Waals surface area contributed by atoms with Gasteiger partial charge >= 0.3 is 0 Å². The van der Waals surface area contributed by atoms with Crippen molar-refractivity contribution in [2.75, 3.05) is 6.61 Å². The van der Waals surface area contributed by atoms with Gasteiger partial charge in [-0.15, -0.1) is 0 Å². The smallest absolute Gasteiger partial charge is 0.257 e. The molecule has 0 spiro atoms. The third-order valence-electron chi connectivity index (χ3n) is 1.29. The zero-order valence-corrected chi connectivity index (χ0v) is 8.12. The van der Waals surface area contributed by atoms with E-state index in [1.54, 1.807) is 0 Å². The van der Waals surface area contributed by atoms with Gasteiger partial charge in [-0.2, -0.15) is 0 Å². The Hall–Kier alpha value is 0.0249. The summed E-state index contributed by atoms with van der Waals surface area (Å²) in [6.07, 6.45) is -3.28. The molecule has 0 fully saturated rings. The Balaban J connectivity index is 4.02. The summed E-state index contributed by atoms with van der Waals surface area (Å²) < 4.78 is 21.8. The van der Waals surface area contributed by atoms with Crippen LogP contribution in [0.4, 0.5) is 4.39 Å². The van der Waals surface area contributed by atoms with Crippen LogP contribution in [0.1, 0.15) is 0 Å². The molecule has 3 atom stereocenters. The van der Waals surface area contributed by atoms with E-state index >= 15 is 0 Å². The second-order valence-electron chi connectivity index (χ2n) is 2.19. The van der Waals surface area contributed by atoms with Crippen LogP contribution in [0.5, 0.6) is 0 Å². The standard InChI is InChI=1S/C5H10BBrFNO3/c6-11-2-4(10)5(12-7)3(8)1-9/h1,3-5,9-10H,2,6H2/t3-,4-,5?/m1/s1. The molecule has 4 nitrogen and oxygen atoms in total. The number of halogens is 2. The molecule has 0 aliphatic rings. The lowest BCUT2D eigenvalue weighted by molar-refractivity contribution is -0.000745. The van der Waals surface area contributed by atoms with E-state index in [0.29, 0.717) is 6.21 Å². The van der Waals surface area contributed by atoms with E-state index in [-0.39, 0.29) is 6.61 Å². The minimum Gasteiger partial charge on any atom is -0.441 e. The predicted molar refractivity (Wildman–Crippen MR) is 48.0 cm³/mol. The maximum atomic E-state index is 12.8. The minimum atomic E-state index is -1.64. The van der Waals surface area contributed by atoms with Crippen LogP contribution < -0.4 is 0 Å². The average molecular weight is 242 g/mol. The number of aliphatic hydroxyl groups is 1. The first-order valence-electron chi connectivity index (χ1n) is 3.26. The van der Waals surface area contributed by atoms with Gasteiger partial charge in [0, 0.05) is 6.21 Å². The van der Waals surface area contributed by atoms with E-state index in [0.717, 1.165) is 0 Å². The Bertz CT molecular complexity index is 142. The quantitative estimate of drug-likeness (QED) is 0.491. The first-order chi connectivity index (χ1) is 5.67. The molecule has 0 saturated carbocycles. The van der Waals surface area contributed by atoms with E-state index in [1.165, 1.54) is 8.05 Å². The Morgan fingerprint density at radius 3 is 2.67 bits per heavy atom. The molecule has 0 aliphatic heterocycles. The van der Waals surface area contributed by atoms with E-state index in [9.17, 15) is 9.50 Å². The lowest BCUT2D eigenvalue weighted by Gasteiger charge is -2.20. The molecule has 0 bridgehead atoms. The maximum absolute atomic E-state index is 12.8. The highest BCUT2D eigenvalue weighted by molar-refractivity contribution is 9.06. The molecule has 0 radical (unpaired) electrons. The Kier molecular flexibility index (Phi) is 6.54. The topological polar surface area (TPSA) is 62.5 Å². The Morgan fingerprint density at radius 2 is 2.33 bits per heavy atom. The summed E-state index contributed by atoms with van der Waals surface area (Å²) >= 11 is 2.57. The van der Waals surface area contributed by atoms with Crippen molar-refractivity contribution < 1.29 is 18.0 Å². The molecule has 2 N–H and O–H groups in total. The summed E-state index contributed by atoms with van der Waals surface area (Å²) in [5.74, 6) is 0. The van der Waals surface area contributed by atoms with Crippen molar-refractivity contribution in [3.05, 3.63) is 0 Å². The van der Waals surface area contributed by atoms with Crippen LogP contribution in [0.3, 0.4) is 0 Å². The van der Waals surface area contributed by atoms with Gasteiger partial charge in [-0.05, 0) is 0 Å². The predicted octanol–water partition coefficient (Wildman–Crippen LogP) is -0.405. The molecule has 0 saturated heterocycles. The third kappa shape index (κ3) is 3.62. The fraction of sp³-hybridized carbons (Fsp3) is 0.800. The first kappa shape index (κ1) is 12.0. The summed E-state index contributed by atoms with van der Waals surface area (Å²) in [4.78, 5) is 0. The van der Waals surface area contributed by atoms with Crippen molar-refractivity contribution in [2.24, 2.45) is 0 Å². The first-order valence-corrected chi connectivity index (χ1v) is 3.91. The monoisotopic (exact) mass is 241 g/mol. The van der Waals surface area contributed by atoms with E-state index in [1.807, 2.05) is 0 Å². The van der Waals surface area contributed by atoms with E-state index in [4.69, 9.17) is 5.41 Å². The van der Waals surface area contributed by atoms with Crippen LogP contribution in [0.25, 0.3) is 0 Å². The summed E-state index contributed by atoms with van der Waals surface area (Å²) in [6, 6.07) is 0. The highest BCUT2D eigenvalue weighted by Gasteiger charge is 2.27. The van der Waals surface area contributed by atoms with Crippen LogP contribution in [-0.2, 0) is 8.48 Å². The van der Waals surface area contributed by atoms with Gasteiger partial charge in [0.15, 0.2) is 6.17 Å². The fourth-order valence-electron chi connectivity index (χ4n) is 0.681. The van der Waals surface area contributed by atoms with Crippen LogP contribution in [-0.4, -0.2) is 44.4 Å². The SMILES string of the molecule is BOC[C@@H](O)C(OBr)[C@H](F)C=N. The van der Waals surface area contributed by atoms with Crippen molar-refractivity contribution in [3.63, 3.8) is 0 Å². The van der Waals surface area contributed by atoms with E-state index in [2.05, 4.69) is 24.7 Å². The fourth-order valence-corrected chi connectivity index (χ4v) is 1.14. The van der Waals surface area contributed by atoms with Gasteiger partial charge in [0.2, 0.25) is 0 Å². The zero-order valence-electron chi connectivity index (χ0n) is 6.54. The van der Waals surface area contributed by atoms with Crippen LogP contribution >= 0.6 is 16.3 Å². The number of hydrogen-bond acceptors (Lipinski definition) is 4. The van der Waals surface area contributed by atoms with Crippen LogP contribution in [0, 0.1) is 5.41 Å². The van der Waals surface area contributed by atoms with Crippen molar-refractivity contribution >= 4 is 30.5 Å². The highest BCUT2D eigenvalue weighted by atomic mass is 79.9. The van der Waals surface area contributed by atoms with Gasteiger partial charge in [0.1, 0.15) is 12.2 Å². The lowest BCUT2D eigenvalue weighted by atomic mass is 10.1. The third-order valence-corrected chi connectivity index (χ3v) is 1.72. The molecular weight excluding hydrogens is 232 g/mol. The summed E-state index contributed by atoms with van der Waals surface area (Å²) in [5.41, 5.74) is 0. The van der Waals surface area contributed by atoms with E-state index < -0.39 is 18.4 Å². The molecule has 0 aromatic rings. The van der Waals surface area contributed by atoms with Crippen LogP contribution in [0.15, 0.2) is 0 Å². The number of aliphatic hydroxyl groups excluding tert-OH is 1. The van der Waals surface area contributed by atoms with Gasteiger partial charge < -0.3 is 15.2 Å². The molecule has 70 valence electrons. The van der Waals surface area contributed by atoms with Crippen molar-refractivity contribution in [1.29, 1.82) is 5.41 Å². The molecule has 0 aromatic heterocycles. The molecule has 1 unspecified atom stereocenters. The second kappa shape index (κ2) is 6.53. The normalized spacial score (nSPS) is 18.2. The highest BCUT2D eigenvalue weighted by Crippen LogP contribution is 2.10. The molecule has 0 heterocycles. The number of rotatable bonds is 6. The summed E-state index contributed by atoms with van der Waals surface area (Å²) in [5, 5.41) is 15.8. The number of hydrogen-bond donors (Lipinski definition) is 2. The zero-order chi connectivity index (χ0) is 9.56. The van der Waals surface area contributed by atoms with Gasteiger partial charge in [0.25, 0.3) is 8.05 Å². The van der Waals surface area contributed by atoms with Crippen molar-refractivity contribution in [1.82, 2.24) is 0 Å².